The van der Waals surface area contributed by atoms with Gasteiger partial charge in [0, 0.05) is 25.2 Å². The number of likely N-dealkylation sites (N-methyl/N-ethyl adjacent to an activating group) is 1. The number of hydroxylamine groups is 2. The summed E-state index contributed by atoms with van der Waals surface area (Å²) in [6.07, 6.45) is 9.28. The lowest BCUT2D eigenvalue weighted by molar-refractivity contribution is -0.154. The molecule has 1 aliphatic heterocycles. The molecule has 3 fully saturated rings. The highest BCUT2D eigenvalue weighted by Crippen LogP contribution is 2.35. The number of hydrogen-bond acceptors (Lipinski definition) is 8. The lowest BCUT2D eigenvalue weighted by Gasteiger charge is -2.49. The Morgan fingerprint density at radius 2 is 1.89 bits per heavy atom. The highest BCUT2D eigenvalue weighted by molar-refractivity contribution is 6.28. The highest BCUT2D eigenvalue weighted by Gasteiger charge is 2.38. The van der Waals surface area contributed by atoms with Crippen molar-refractivity contribution in [3.8, 4) is 0 Å². The first-order chi connectivity index (χ1) is 16.9. The number of rotatable bonds is 9. The van der Waals surface area contributed by atoms with E-state index >= 15 is 4.39 Å². The van der Waals surface area contributed by atoms with Crippen LogP contribution in [0.25, 0.3) is 0 Å². The van der Waals surface area contributed by atoms with Crippen LogP contribution in [0.3, 0.4) is 0 Å². The van der Waals surface area contributed by atoms with Crippen LogP contribution in [0.2, 0.25) is 5.28 Å². The molecule has 2 saturated carbocycles. The molecule has 1 saturated heterocycles. The molecule has 194 valence electrons. The topological polar surface area (TPSA) is 114 Å². The van der Waals surface area contributed by atoms with E-state index in [1.165, 1.54) is 0 Å². The lowest BCUT2D eigenvalue weighted by atomic mass is 9.86. The normalized spacial score (nSPS) is 24.1. The van der Waals surface area contributed by atoms with E-state index in [0.717, 1.165) is 57.9 Å². The zero-order valence-electron chi connectivity index (χ0n) is 20.1. The Kier molecular flexibility index (Phi) is 8.61. The number of hydrazine groups is 1. The molecule has 10 nitrogen and oxygen atoms in total. The molecule has 0 spiro atoms. The minimum Gasteiger partial charge on any atom is -0.348 e. The summed E-state index contributed by atoms with van der Waals surface area (Å²) in [6, 6.07) is 0.470. The Labute approximate surface area is 210 Å². The van der Waals surface area contributed by atoms with E-state index in [1.54, 1.807) is 0 Å². The maximum atomic E-state index is 15.6. The Morgan fingerprint density at radius 3 is 2.60 bits per heavy atom. The van der Waals surface area contributed by atoms with Crippen molar-refractivity contribution in [1.29, 1.82) is 0 Å². The van der Waals surface area contributed by atoms with E-state index in [0.29, 0.717) is 30.0 Å². The summed E-state index contributed by atoms with van der Waals surface area (Å²) >= 11 is 6.17. The van der Waals surface area contributed by atoms with Crippen LogP contribution in [0.5, 0.6) is 0 Å². The average Bonchev–Trinajstić information content (AvgIpc) is 3.37. The zero-order valence-corrected chi connectivity index (χ0v) is 20.9. The van der Waals surface area contributed by atoms with Crippen molar-refractivity contribution >= 4 is 35.6 Å². The third kappa shape index (κ3) is 6.13. The Balaban J connectivity index is 1.48. The third-order valence-electron chi connectivity index (χ3n) is 7.73. The van der Waals surface area contributed by atoms with Gasteiger partial charge in [-0.2, -0.15) is 14.4 Å². The van der Waals surface area contributed by atoms with Gasteiger partial charge >= 0.3 is 0 Å². The number of hydrogen-bond donors (Lipinski definition) is 3. The summed E-state index contributed by atoms with van der Waals surface area (Å²) in [7, 11) is 2.10. The second kappa shape index (κ2) is 11.7. The van der Waals surface area contributed by atoms with Gasteiger partial charge in [0.05, 0.1) is 12.5 Å². The molecule has 3 atom stereocenters. The van der Waals surface area contributed by atoms with E-state index < -0.39 is 17.6 Å². The van der Waals surface area contributed by atoms with Gasteiger partial charge in [0.15, 0.2) is 11.6 Å². The highest BCUT2D eigenvalue weighted by atomic mass is 35.5. The molecule has 3 N–H and O–H groups in total. The van der Waals surface area contributed by atoms with E-state index in [9.17, 15) is 14.8 Å². The zero-order chi connectivity index (χ0) is 24.9. The van der Waals surface area contributed by atoms with Gasteiger partial charge in [-0.25, -0.2) is 5.06 Å². The smallest absolute Gasteiger partial charge is 0.243 e. The van der Waals surface area contributed by atoms with Crippen molar-refractivity contribution in [3.63, 3.8) is 0 Å². The van der Waals surface area contributed by atoms with Gasteiger partial charge in [0.2, 0.25) is 23.4 Å². The summed E-state index contributed by atoms with van der Waals surface area (Å²) in [4.78, 5) is 36.3. The number of piperazine rings is 1. The second-order valence-corrected chi connectivity index (χ2v) is 10.3. The molecular formula is C23H35ClFN7O3. The second-order valence-electron chi connectivity index (χ2n) is 10.00. The fourth-order valence-electron chi connectivity index (χ4n) is 5.92. The molecule has 2 heterocycles. The number of carbonyl (C=O) groups is 2. The molecule has 0 bridgehead atoms. The standard InChI is InChI=1S/C23H35ClFN7O3/c1-30-10-11-32(18-9-5-4-8-17(18)30)21-19(25)20(26-23(24)27-21)28-29-22(34)16(13-31(35)14-33)12-15-6-2-3-7-15/h14-18,35H,2-13H2,1H3,(H,29,34)(H,26,27,28)/t16-,17-,18+/m1/s1. The van der Waals surface area contributed by atoms with Crippen LogP contribution in [-0.4, -0.2) is 76.2 Å². The molecule has 4 rings (SSSR count). The molecule has 0 unspecified atom stereocenters. The molecule has 1 aromatic heterocycles. The number of anilines is 2. The molecule has 0 aromatic carbocycles. The monoisotopic (exact) mass is 511 g/mol. The van der Waals surface area contributed by atoms with Crippen molar-refractivity contribution in [2.75, 3.05) is 37.0 Å². The molecule has 35 heavy (non-hydrogen) atoms. The predicted molar refractivity (Wildman–Crippen MR) is 129 cm³/mol. The summed E-state index contributed by atoms with van der Waals surface area (Å²) in [5, 5.41) is 10.0. The Morgan fingerprint density at radius 1 is 1.20 bits per heavy atom. The van der Waals surface area contributed by atoms with Gasteiger partial charge in [0.25, 0.3) is 0 Å². The van der Waals surface area contributed by atoms with E-state index in [2.05, 4.69) is 32.8 Å². The van der Waals surface area contributed by atoms with Gasteiger partial charge in [0.1, 0.15) is 0 Å². The summed E-state index contributed by atoms with van der Waals surface area (Å²) < 4.78 is 15.6. The van der Waals surface area contributed by atoms with Crippen molar-refractivity contribution in [2.45, 2.75) is 69.9 Å². The largest absolute Gasteiger partial charge is 0.348 e. The van der Waals surface area contributed by atoms with Gasteiger partial charge in [-0.15, -0.1) is 0 Å². The first-order valence-corrected chi connectivity index (χ1v) is 12.9. The first kappa shape index (κ1) is 25.8. The molecular weight excluding hydrogens is 477 g/mol. The van der Waals surface area contributed by atoms with E-state index in [1.807, 2.05) is 4.90 Å². The van der Waals surface area contributed by atoms with Gasteiger partial charge < -0.3 is 4.90 Å². The number of fused-ring (bicyclic) bond motifs is 1. The van der Waals surface area contributed by atoms with Gasteiger partial charge in [-0.05, 0) is 43.8 Å². The minimum atomic E-state index is -0.674. The SMILES string of the molecule is CN1CCN(c2nc(Cl)nc(NNC(=O)[C@H](CC3CCCC3)CN(O)C=O)c2F)[C@H]2CCCC[C@H]21. The van der Waals surface area contributed by atoms with Crippen LogP contribution in [0.1, 0.15) is 57.8 Å². The number of nitrogens with zero attached hydrogens (tertiary/aromatic N) is 5. The minimum absolute atomic E-state index is 0.116. The van der Waals surface area contributed by atoms with Crippen molar-refractivity contribution in [3.05, 3.63) is 11.1 Å². The van der Waals surface area contributed by atoms with Crippen molar-refractivity contribution in [1.82, 2.24) is 25.4 Å². The van der Waals surface area contributed by atoms with Crippen molar-refractivity contribution < 1.29 is 19.2 Å². The average molecular weight is 512 g/mol. The molecule has 2 amide bonds. The molecule has 12 heteroatoms. The first-order valence-electron chi connectivity index (χ1n) is 12.5. The van der Waals surface area contributed by atoms with Crippen molar-refractivity contribution in [2.24, 2.45) is 11.8 Å². The molecule has 2 aliphatic carbocycles. The molecule has 0 radical (unpaired) electrons. The summed E-state index contributed by atoms with van der Waals surface area (Å²) in [6.45, 7) is 1.27. The Hall–Kier alpha value is -2.24. The summed E-state index contributed by atoms with van der Waals surface area (Å²) in [5.74, 6) is -1.51. The van der Waals surface area contributed by atoms with Crippen LogP contribution >= 0.6 is 11.6 Å². The maximum absolute atomic E-state index is 15.6. The summed E-state index contributed by atoms with van der Waals surface area (Å²) in [5.41, 5.74) is 5.08. The lowest BCUT2D eigenvalue weighted by Crippen LogP contribution is -2.60. The maximum Gasteiger partial charge on any atom is 0.243 e. The van der Waals surface area contributed by atoms with Crippen LogP contribution in [0, 0.1) is 17.7 Å². The van der Waals surface area contributed by atoms with E-state index in [4.69, 9.17) is 11.6 Å². The number of nitrogens with one attached hydrogen (secondary N) is 2. The Bertz CT molecular complexity index is 904. The van der Waals surface area contributed by atoms with Crippen LogP contribution in [0.15, 0.2) is 0 Å². The number of aromatic nitrogens is 2. The quantitative estimate of drug-likeness (QED) is 0.201. The number of carbonyl (C=O) groups excluding carboxylic acids is 2. The predicted octanol–water partition coefficient (Wildman–Crippen LogP) is 2.82. The van der Waals surface area contributed by atoms with Crippen LogP contribution < -0.4 is 15.8 Å². The number of halogens is 2. The molecule has 3 aliphatic rings. The van der Waals surface area contributed by atoms with Crippen LogP contribution in [-0.2, 0) is 9.59 Å². The fraction of sp³-hybridized carbons (Fsp3) is 0.739. The van der Waals surface area contributed by atoms with E-state index in [-0.39, 0.29) is 35.9 Å². The van der Waals surface area contributed by atoms with Gasteiger partial charge in [-0.1, -0.05) is 38.5 Å². The molecule has 1 aromatic rings. The number of amides is 2. The third-order valence-corrected chi connectivity index (χ3v) is 7.90. The fourth-order valence-corrected chi connectivity index (χ4v) is 6.08. The van der Waals surface area contributed by atoms with Gasteiger partial charge in [-0.3, -0.25) is 30.5 Å². The van der Waals surface area contributed by atoms with Crippen LogP contribution in [0.4, 0.5) is 16.0 Å².